The first kappa shape index (κ1) is 28.1. The number of nitrogens with two attached hydrogens (primary N) is 1. The fraction of sp³-hybridized carbons (Fsp3) is 0.481. The molecule has 0 radical (unpaired) electrons. The molecule has 3 aliphatic carbocycles. The SMILES string of the molecule is CN[C@@H]1C=C(C(N)=O)C(=O)[C@@]2(O)C(O)=C3C(=O)c4c(O)c(NC(=O)OCC(C)C)cc(N(C)C)c4C[C@H]3C[C@@H]12. The number of hydrogen-bond acceptors (Lipinski definition) is 10. The first-order valence-corrected chi connectivity index (χ1v) is 12.7. The minimum Gasteiger partial charge on any atom is -0.508 e. The number of anilines is 2. The highest BCUT2D eigenvalue weighted by Gasteiger charge is 2.60. The van der Waals surface area contributed by atoms with Crippen molar-refractivity contribution in [1.29, 1.82) is 0 Å². The average Bonchev–Trinajstić information content (AvgIpc) is 2.86. The molecule has 12 heteroatoms. The number of nitrogens with zero attached hydrogens (tertiary/aromatic N) is 1. The third kappa shape index (κ3) is 4.43. The second-order valence-corrected chi connectivity index (χ2v) is 10.8. The summed E-state index contributed by atoms with van der Waals surface area (Å²) in [6.07, 6.45) is 0.839. The van der Waals surface area contributed by atoms with Crippen LogP contribution in [0.15, 0.2) is 29.0 Å². The van der Waals surface area contributed by atoms with Crippen molar-refractivity contribution >= 4 is 34.9 Å². The molecular weight excluding hydrogens is 508 g/mol. The van der Waals surface area contributed by atoms with E-state index in [9.17, 15) is 34.5 Å². The van der Waals surface area contributed by atoms with E-state index in [1.807, 2.05) is 13.8 Å². The molecule has 2 amide bonds. The van der Waals surface area contributed by atoms with Crippen molar-refractivity contribution in [2.24, 2.45) is 23.5 Å². The molecule has 4 rings (SSSR count). The van der Waals surface area contributed by atoms with E-state index in [2.05, 4.69) is 10.6 Å². The smallest absolute Gasteiger partial charge is 0.411 e. The number of hydrogen-bond donors (Lipinski definition) is 6. The third-order valence-corrected chi connectivity index (χ3v) is 7.64. The van der Waals surface area contributed by atoms with E-state index in [-0.39, 0.29) is 42.2 Å². The molecule has 0 spiro atoms. The molecule has 3 aliphatic rings. The Bertz CT molecular complexity index is 1330. The molecular formula is C27H34N4O8. The number of benzene rings is 1. The fourth-order valence-corrected chi connectivity index (χ4v) is 5.80. The second-order valence-electron chi connectivity index (χ2n) is 10.8. The van der Waals surface area contributed by atoms with E-state index in [1.165, 1.54) is 12.1 Å². The number of likely N-dealkylation sites (N-methyl/N-ethyl adjacent to an activating group) is 1. The van der Waals surface area contributed by atoms with E-state index in [0.717, 1.165) is 0 Å². The summed E-state index contributed by atoms with van der Waals surface area (Å²) in [7, 11) is 5.07. The highest BCUT2D eigenvalue weighted by atomic mass is 16.5. The predicted molar refractivity (Wildman–Crippen MR) is 142 cm³/mol. The van der Waals surface area contributed by atoms with Gasteiger partial charge in [0.1, 0.15) is 5.76 Å². The molecule has 1 aromatic carbocycles. The zero-order chi connectivity index (χ0) is 29.0. The lowest BCUT2D eigenvalue weighted by molar-refractivity contribution is -0.144. The van der Waals surface area contributed by atoms with Crippen LogP contribution in [0.4, 0.5) is 16.2 Å². The molecule has 12 nitrogen and oxygen atoms in total. The van der Waals surface area contributed by atoms with Crippen LogP contribution in [0.3, 0.4) is 0 Å². The lowest BCUT2D eigenvalue weighted by Gasteiger charge is -2.48. The zero-order valence-electron chi connectivity index (χ0n) is 22.5. The van der Waals surface area contributed by atoms with Crippen molar-refractivity contribution in [1.82, 2.24) is 5.32 Å². The second kappa shape index (κ2) is 10.0. The van der Waals surface area contributed by atoms with Crippen LogP contribution in [0.5, 0.6) is 5.75 Å². The van der Waals surface area contributed by atoms with Crippen molar-refractivity contribution in [3.05, 3.63) is 40.2 Å². The summed E-state index contributed by atoms with van der Waals surface area (Å²) in [5.74, 6) is -5.77. The Morgan fingerprint density at radius 2 is 1.92 bits per heavy atom. The van der Waals surface area contributed by atoms with E-state index in [0.29, 0.717) is 11.3 Å². The number of aliphatic hydroxyl groups excluding tert-OH is 1. The Morgan fingerprint density at radius 3 is 2.49 bits per heavy atom. The van der Waals surface area contributed by atoms with Crippen molar-refractivity contribution in [3.63, 3.8) is 0 Å². The van der Waals surface area contributed by atoms with Crippen LogP contribution in [0.1, 0.15) is 36.2 Å². The minimum absolute atomic E-state index is 0.0755. The normalized spacial score (nSPS) is 25.9. The number of allylic oxidation sites excluding steroid dienone is 1. The van der Waals surface area contributed by atoms with Crippen molar-refractivity contribution < 1.29 is 39.2 Å². The average molecular weight is 543 g/mol. The molecule has 210 valence electrons. The van der Waals surface area contributed by atoms with E-state index >= 15 is 0 Å². The first-order chi connectivity index (χ1) is 18.2. The van der Waals surface area contributed by atoms with Gasteiger partial charge >= 0.3 is 6.09 Å². The molecule has 0 heterocycles. The van der Waals surface area contributed by atoms with Crippen molar-refractivity contribution in [2.45, 2.75) is 38.3 Å². The van der Waals surface area contributed by atoms with Gasteiger partial charge in [0.05, 0.1) is 23.4 Å². The molecule has 0 saturated carbocycles. The molecule has 0 saturated heterocycles. The number of fused-ring (bicyclic) bond motifs is 3. The van der Waals surface area contributed by atoms with Crippen LogP contribution in [0, 0.1) is 17.8 Å². The lowest BCUT2D eigenvalue weighted by Crippen LogP contribution is -2.62. The number of aliphatic hydroxyl groups is 2. The Morgan fingerprint density at radius 1 is 1.26 bits per heavy atom. The monoisotopic (exact) mass is 542 g/mol. The van der Waals surface area contributed by atoms with Crippen molar-refractivity contribution in [3.8, 4) is 5.75 Å². The van der Waals surface area contributed by atoms with Crippen LogP contribution >= 0.6 is 0 Å². The highest BCUT2D eigenvalue weighted by molar-refractivity contribution is 6.24. The molecule has 0 aliphatic heterocycles. The zero-order valence-corrected chi connectivity index (χ0v) is 22.5. The van der Waals surface area contributed by atoms with Gasteiger partial charge in [0.2, 0.25) is 5.78 Å². The molecule has 1 aromatic rings. The van der Waals surface area contributed by atoms with Gasteiger partial charge in [0.15, 0.2) is 17.1 Å². The topological polar surface area (TPSA) is 192 Å². The fourth-order valence-electron chi connectivity index (χ4n) is 5.80. The number of primary amides is 1. The molecule has 7 N–H and O–H groups in total. The summed E-state index contributed by atoms with van der Waals surface area (Å²) in [5, 5.41) is 39.5. The first-order valence-electron chi connectivity index (χ1n) is 12.7. The maximum atomic E-state index is 13.9. The number of aromatic hydroxyl groups is 1. The van der Waals surface area contributed by atoms with Crippen molar-refractivity contribution in [2.75, 3.05) is 38.0 Å². The van der Waals surface area contributed by atoms with Crippen LogP contribution in [0.2, 0.25) is 0 Å². The van der Waals surface area contributed by atoms with Gasteiger partial charge in [-0.1, -0.05) is 19.9 Å². The molecule has 4 atom stereocenters. The van der Waals surface area contributed by atoms with Gasteiger partial charge in [-0.3, -0.25) is 19.7 Å². The largest absolute Gasteiger partial charge is 0.508 e. The third-order valence-electron chi connectivity index (χ3n) is 7.64. The number of carbonyl (C=O) groups excluding carboxylic acids is 4. The lowest BCUT2D eigenvalue weighted by atomic mass is 9.59. The summed E-state index contributed by atoms with van der Waals surface area (Å²) in [5.41, 5.74) is 2.89. The minimum atomic E-state index is -2.57. The predicted octanol–water partition coefficient (Wildman–Crippen LogP) is 1.16. The molecule has 0 bridgehead atoms. The number of ketones is 2. The molecule has 39 heavy (non-hydrogen) atoms. The number of ether oxygens (including phenoxy) is 1. The number of amides is 2. The number of phenolic OH excluding ortho intramolecular Hbond substituents is 1. The standard InChI is InChI=1S/C27H34N4O8/c1-11(2)10-39-26(37)30-17-9-18(31(4)5)13-6-12-7-15-16(29-3)8-14(25(28)36)23(34)27(15,38)24(35)19(12)22(33)20(13)21(17)32/h8-9,11-12,15-16,29,32,35,38H,6-7,10H2,1-5H3,(H2,28,36)(H,30,37)/t12-,15-,16+,27+/m0/s1. The summed E-state index contributed by atoms with van der Waals surface area (Å²) in [6, 6.07) is 0.842. The number of Topliss-reactive ketones (excluding diaryl/α,β-unsaturated/α-hetero) is 2. The van der Waals surface area contributed by atoms with Crippen LogP contribution in [0.25, 0.3) is 0 Å². The quantitative estimate of drug-likeness (QED) is 0.225. The maximum absolute atomic E-state index is 13.9. The summed E-state index contributed by atoms with van der Waals surface area (Å²) >= 11 is 0. The summed E-state index contributed by atoms with van der Waals surface area (Å²) in [6.45, 7) is 3.87. The number of carbonyl (C=O) groups is 4. The van der Waals surface area contributed by atoms with Gasteiger partial charge in [-0.25, -0.2) is 4.79 Å². The van der Waals surface area contributed by atoms with E-state index < -0.39 is 64.1 Å². The van der Waals surface area contributed by atoms with E-state index in [4.69, 9.17) is 10.5 Å². The van der Waals surface area contributed by atoms with E-state index in [1.54, 1.807) is 26.0 Å². The summed E-state index contributed by atoms with van der Waals surface area (Å²) < 4.78 is 5.14. The van der Waals surface area contributed by atoms with Crippen LogP contribution in [-0.2, 0) is 20.7 Å². The molecule has 0 fully saturated rings. The maximum Gasteiger partial charge on any atom is 0.411 e. The van der Waals surface area contributed by atoms with Gasteiger partial charge in [0, 0.05) is 37.3 Å². The van der Waals surface area contributed by atoms with Gasteiger partial charge in [0.25, 0.3) is 5.91 Å². The Kier molecular flexibility index (Phi) is 7.21. The Hall–Kier alpha value is -3.90. The van der Waals surface area contributed by atoms with Gasteiger partial charge in [-0.15, -0.1) is 0 Å². The molecule has 0 unspecified atom stereocenters. The Labute approximate surface area is 225 Å². The van der Waals surface area contributed by atoms with Crippen LogP contribution < -0.4 is 21.3 Å². The summed E-state index contributed by atoms with van der Waals surface area (Å²) in [4.78, 5) is 53.2. The number of nitrogens with one attached hydrogen (secondary N) is 2. The Balaban J connectivity index is 1.86. The van der Waals surface area contributed by atoms with Crippen LogP contribution in [-0.4, -0.2) is 78.3 Å². The van der Waals surface area contributed by atoms with Gasteiger partial charge < -0.3 is 36.0 Å². The van der Waals surface area contributed by atoms with Gasteiger partial charge in [-0.05, 0) is 43.4 Å². The highest BCUT2D eigenvalue weighted by Crippen LogP contribution is 2.52. The van der Waals surface area contributed by atoms with Gasteiger partial charge in [-0.2, -0.15) is 0 Å². The molecule has 0 aromatic heterocycles. The number of rotatable bonds is 6. The number of phenols is 1.